The van der Waals surface area contributed by atoms with E-state index in [9.17, 15) is 17.6 Å². The fraction of sp³-hybridized carbons (Fsp3) is 0.484. The minimum atomic E-state index is -1.78. The fourth-order valence-electron chi connectivity index (χ4n) is 8.06. The van der Waals surface area contributed by atoms with Gasteiger partial charge >= 0.3 is 6.01 Å². The second kappa shape index (κ2) is 10.3. The number of pyridine rings is 1. The van der Waals surface area contributed by atoms with E-state index >= 15 is 4.39 Å². The van der Waals surface area contributed by atoms with Crippen molar-refractivity contribution in [1.82, 2.24) is 35.4 Å². The van der Waals surface area contributed by atoms with Crippen LogP contribution < -0.4 is 15.0 Å². The van der Waals surface area contributed by atoms with Gasteiger partial charge in [-0.05, 0) is 50.8 Å². The lowest BCUT2D eigenvalue weighted by atomic mass is 9.95. The molecule has 4 aliphatic heterocycles. The third kappa shape index (κ3) is 4.63. The van der Waals surface area contributed by atoms with Gasteiger partial charge in [0.05, 0.1) is 28.2 Å². The van der Waals surface area contributed by atoms with Gasteiger partial charge in [0.25, 0.3) is 6.08 Å². The second-order valence-electron chi connectivity index (χ2n) is 12.9. The molecule has 4 atom stereocenters. The van der Waals surface area contributed by atoms with Crippen molar-refractivity contribution in [1.29, 1.82) is 0 Å². The number of hydrogen-bond acceptors (Lipinski definition) is 8. The van der Waals surface area contributed by atoms with Crippen molar-refractivity contribution in [2.45, 2.75) is 62.3 Å². The van der Waals surface area contributed by atoms with Crippen LogP contribution in [0.4, 0.5) is 27.8 Å². The molecule has 4 aromatic rings. The van der Waals surface area contributed by atoms with Gasteiger partial charge in [0.2, 0.25) is 0 Å². The van der Waals surface area contributed by atoms with Crippen LogP contribution in [-0.4, -0.2) is 86.1 Å². The van der Waals surface area contributed by atoms with Crippen LogP contribution in [0.5, 0.6) is 6.01 Å². The van der Waals surface area contributed by atoms with Gasteiger partial charge in [-0.3, -0.25) is 15.0 Å². The molecule has 4 aliphatic rings. The maximum absolute atomic E-state index is 16.7. The van der Waals surface area contributed by atoms with E-state index in [2.05, 4.69) is 30.4 Å². The van der Waals surface area contributed by atoms with Crippen LogP contribution in [0, 0.1) is 18.6 Å². The van der Waals surface area contributed by atoms with Gasteiger partial charge in [-0.15, -0.1) is 0 Å². The van der Waals surface area contributed by atoms with Gasteiger partial charge in [-0.1, -0.05) is 0 Å². The van der Waals surface area contributed by atoms with Crippen LogP contribution in [0.2, 0.25) is 0 Å². The van der Waals surface area contributed by atoms with Gasteiger partial charge in [0.1, 0.15) is 35.6 Å². The van der Waals surface area contributed by atoms with E-state index in [1.165, 1.54) is 18.5 Å². The van der Waals surface area contributed by atoms with Gasteiger partial charge in [-0.25, -0.2) is 13.2 Å². The van der Waals surface area contributed by atoms with Gasteiger partial charge < -0.3 is 15.0 Å². The Labute approximate surface area is 254 Å². The topological polar surface area (TPSA) is 95.1 Å². The molecule has 0 amide bonds. The average Bonchev–Trinajstić information content (AvgIpc) is 3.75. The zero-order valence-corrected chi connectivity index (χ0v) is 24.5. The number of nitrogens with zero attached hydrogens (tertiary/aromatic N) is 6. The monoisotopic (exact) mass is 626 g/mol. The van der Waals surface area contributed by atoms with E-state index < -0.39 is 35.0 Å². The van der Waals surface area contributed by atoms with Crippen LogP contribution in [0.15, 0.2) is 30.6 Å². The Balaban J connectivity index is 1.26. The number of H-pyrrole nitrogens is 1. The van der Waals surface area contributed by atoms with Crippen molar-refractivity contribution >= 4 is 27.6 Å². The lowest BCUT2D eigenvalue weighted by Gasteiger charge is -2.40. The second-order valence-corrected chi connectivity index (χ2v) is 12.9. The van der Waals surface area contributed by atoms with Crippen molar-refractivity contribution < 1.29 is 26.7 Å². The molecule has 1 aromatic carbocycles. The number of aromatic amines is 1. The molecule has 0 saturated carbocycles. The minimum absolute atomic E-state index is 0.0870. The van der Waals surface area contributed by atoms with Gasteiger partial charge in [0, 0.05) is 55.3 Å². The molecule has 14 heteroatoms. The van der Waals surface area contributed by atoms with Crippen molar-refractivity contribution in [3.05, 3.63) is 47.8 Å². The molecule has 0 unspecified atom stereocenters. The number of alkyl halides is 1. The lowest BCUT2D eigenvalue weighted by molar-refractivity contribution is 0.107. The van der Waals surface area contributed by atoms with Crippen molar-refractivity contribution in [3.8, 4) is 17.3 Å². The highest BCUT2D eigenvalue weighted by Gasteiger charge is 2.50. The van der Waals surface area contributed by atoms with Crippen LogP contribution in [0.25, 0.3) is 33.1 Å². The molecule has 236 valence electrons. The van der Waals surface area contributed by atoms with Crippen LogP contribution in [-0.2, 0) is 0 Å². The molecule has 2 bridgehead atoms. The highest BCUT2D eigenvalue weighted by Crippen LogP contribution is 2.42. The van der Waals surface area contributed by atoms with Crippen LogP contribution >= 0.6 is 0 Å². The molecule has 2 N–H and O–H groups in total. The molecule has 4 saturated heterocycles. The zero-order valence-electron chi connectivity index (χ0n) is 24.5. The Morgan fingerprint density at radius 2 is 2.02 bits per heavy atom. The van der Waals surface area contributed by atoms with E-state index in [4.69, 9.17) is 9.72 Å². The molecule has 0 spiro atoms. The molecule has 7 heterocycles. The Kier molecular flexibility index (Phi) is 6.54. The molecular formula is C31H31F5N8O. The molecule has 4 fully saturated rings. The van der Waals surface area contributed by atoms with E-state index in [1.807, 2.05) is 4.90 Å². The summed E-state index contributed by atoms with van der Waals surface area (Å²) in [7, 11) is 0. The lowest BCUT2D eigenvalue weighted by Crippen LogP contribution is -2.59. The number of halogens is 5. The Bertz CT molecular complexity index is 1860. The van der Waals surface area contributed by atoms with E-state index in [-0.39, 0.29) is 52.9 Å². The summed E-state index contributed by atoms with van der Waals surface area (Å²) in [6.07, 6.45) is 4.34. The number of aromatic nitrogens is 5. The molecular weight excluding hydrogens is 595 g/mol. The first-order valence-electron chi connectivity index (χ1n) is 15.2. The molecule has 8 rings (SSSR count). The highest BCUT2D eigenvalue weighted by atomic mass is 19.3. The smallest absolute Gasteiger partial charge is 0.319 e. The number of piperazine rings is 1. The Hall–Kier alpha value is -3.91. The summed E-state index contributed by atoms with van der Waals surface area (Å²) in [6, 6.07) is 1.11. The maximum Gasteiger partial charge on any atom is 0.319 e. The summed E-state index contributed by atoms with van der Waals surface area (Å²) in [5.41, 5.74) is -0.846. The predicted octanol–water partition coefficient (Wildman–Crippen LogP) is 5.20. The number of benzene rings is 1. The summed E-state index contributed by atoms with van der Waals surface area (Å²) in [5, 5.41) is 10.8. The minimum Gasteiger partial charge on any atom is -0.461 e. The normalized spacial score (nSPS) is 27.9. The summed E-state index contributed by atoms with van der Waals surface area (Å²) >= 11 is 0. The van der Waals surface area contributed by atoms with E-state index in [1.54, 1.807) is 6.92 Å². The maximum atomic E-state index is 16.7. The predicted molar refractivity (Wildman–Crippen MR) is 157 cm³/mol. The van der Waals surface area contributed by atoms with Crippen LogP contribution in [0.1, 0.15) is 37.7 Å². The fourth-order valence-corrected chi connectivity index (χ4v) is 8.06. The summed E-state index contributed by atoms with van der Waals surface area (Å²) < 4.78 is 79.3. The van der Waals surface area contributed by atoms with Gasteiger partial charge in [-0.2, -0.15) is 23.8 Å². The third-order valence-corrected chi connectivity index (χ3v) is 10.1. The molecule has 9 nitrogen and oxygen atoms in total. The van der Waals surface area contributed by atoms with E-state index in [0.29, 0.717) is 49.1 Å². The summed E-state index contributed by atoms with van der Waals surface area (Å²) in [6.45, 7) is 3.39. The zero-order chi connectivity index (χ0) is 31.1. The van der Waals surface area contributed by atoms with Crippen LogP contribution in [0.3, 0.4) is 0 Å². The Morgan fingerprint density at radius 3 is 2.87 bits per heavy atom. The number of hydrogen-bond donors (Lipinski definition) is 2. The number of anilines is 1. The average molecular weight is 627 g/mol. The quantitative estimate of drug-likeness (QED) is 0.282. The molecule has 0 radical (unpaired) electrons. The Morgan fingerprint density at radius 1 is 1.16 bits per heavy atom. The largest absolute Gasteiger partial charge is 0.461 e. The SMILES string of the molecule is Cc1c(F)cc2[nH]ncc2c1-c1ncc2c(N3C[C@@H]4CC[C@](C=C(F)F)(C3)N4)nc(OC[C@@]34CCCN3C[C@H](F)C4)nc2c1F. The van der Waals surface area contributed by atoms with Crippen molar-refractivity contribution in [2.24, 2.45) is 0 Å². The number of rotatable bonds is 6. The first-order chi connectivity index (χ1) is 21.6. The summed E-state index contributed by atoms with van der Waals surface area (Å²) in [5.74, 6) is -1.04. The first-order valence-corrected chi connectivity index (χ1v) is 15.2. The molecule has 0 aliphatic carbocycles. The number of ether oxygens (including phenoxy) is 1. The van der Waals surface area contributed by atoms with Gasteiger partial charge in [0.15, 0.2) is 5.82 Å². The number of nitrogens with one attached hydrogen (secondary N) is 2. The third-order valence-electron chi connectivity index (χ3n) is 10.1. The van der Waals surface area contributed by atoms with E-state index in [0.717, 1.165) is 25.5 Å². The van der Waals surface area contributed by atoms with Crippen molar-refractivity contribution in [2.75, 3.05) is 37.7 Å². The highest BCUT2D eigenvalue weighted by molar-refractivity contribution is 5.99. The first kappa shape index (κ1) is 28.6. The molecule has 3 aromatic heterocycles. The summed E-state index contributed by atoms with van der Waals surface area (Å²) in [4.78, 5) is 17.6. The number of fused-ring (bicyclic) bond motifs is 5. The molecule has 45 heavy (non-hydrogen) atoms. The standard InChI is InChI=1S/C31H31F5N8O/c1-16-21(33)7-22-19(11-38-42-22)24(16)27-25(36)26-20(10-37-27)28(43-13-18-3-5-30(14-43,41-18)9-23(34)35)40-29(39-26)45-15-31-4-2-6-44(31)12-17(32)8-31/h7,9-11,17-18,41H,2-6,8,12-15H2,1H3,(H,38,42)/t17-,18+,30+,31+/m1/s1. The van der Waals surface area contributed by atoms with Crippen molar-refractivity contribution in [3.63, 3.8) is 0 Å².